The van der Waals surface area contributed by atoms with E-state index in [4.69, 9.17) is 9.16 Å². The number of carbonyl (C=O) groups is 2. The van der Waals surface area contributed by atoms with E-state index in [1.165, 1.54) is 15.3 Å². The lowest BCUT2D eigenvalue weighted by molar-refractivity contribution is -0.145. The van der Waals surface area contributed by atoms with Gasteiger partial charge in [-0.3, -0.25) is 14.5 Å². The number of nitrogens with zero attached hydrogens (tertiary/aromatic N) is 1. The number of amides is 2. The van der Waals surface area contributed by atoms with Gasteiger partial charge in [-0.05, 0) is 47.5 Å². The maximum absolute atomic E-state index is 12.6. The van der Waals surface area contributed by atoms with Gasteiger partial charge in [0.1, 0.15) is 0 Å². The highest BCUT2D eigenvalue weighted by Crippen LogP contribution is 2.37. The lowest BCUT2D eigenvalue weighted by Crippen LogP contribution is -2.66. The molecule has 35 heavy (non-hydrogen) atoms. The summed E-state index contributed by atoms with van der Waals surface area (Å²) in [5.74, 6) is -0.122. The van der Waals surface area contributed by atoms with Crippen LogP contribution in [-0.4, -0.2) is 50.4 Å². The van der Waals surface area contributed by atoms with E-state index in [9.17, 15) is 9.59 Å². The first-order chi connectivity index (χ1) is 16.8. The van der Waals surface area contributed by atoms with E-state index in [0.29, 0.717) is 26.0 Å². The number of carbonyl (C=O) groups excluding carboxylic acids is 2. The molecule has 2 fully saturated rings. The van der Waals surface area contributed by atoms with Gasteiger partial charge in [0.15, 0.2) is 0 Å². The van der Waals surface area contributed by atoms with E-state index in [2.05, 4.69) is 81.4 Å². The normalized spacial score (nSPS) is 21.3. The molecule has 2 atom stereocenters. The Labute approximate surface area is 210 Å². The predicted molar refractivity (Wildman–Crippen MR) is 141 cm³/mol. The molecule has 2 aromatic rings. The molecule has 2 amide bonds. The minimum Gasteiger partial charge on any atom is -0.407 e. The van der Waals surface area contributed by atoms with Crippen LogP contribution in [0.15, 0.2) is 60.7 Å². The first-order valence-corrected chi connectivity index (χ1v) is 15.0. The number of hydrogen-bond acceptors (Lipinski definition) is 4. The Morgan fingerprint density at radius 1 is 0.971 bits per heavy atom. The van der Waals surface area contributed by atoms with Gasteiger partial charge in [-0.2, -0.15) is 0 Å². The van der Waals surface area contributed by atoms with E-state index in [1.807, 2.05) is 0 Å². The quantitative estimate of drug-likeness (QED) is 0.511. The van der Waals surface area contributed by atoms with Crippen LogP contribution in [0.4, 0.5) is 0 Å². The first-order valence-electron chi connectivity index (χ1n) is 13.0. The summed E-state index contributed by atoms with van der Waals surface area (Å²) >= 11 is 0. The Bertz CT molecular complexity index is 949. The zero-order valence-corrected chi connectivity index (χ0v) is 22.4. The lowest BCUT2D eigenvalue weighted by atomic mass is 10.00. The summed E-state index contributed by atoms with van der Waals surface area (Å²) < 4.78 is 13.4. The molecule has 2 heterocycles. The molecule has 2 aliphatic heterocycles. The second kappa shape index (κ2) is 11.2. The van der Waals surface area contributed by atoms with Gasteiger partial charge < -0.3 is 9.16 Å². The average Bonchev–Trinajstić information content (AvgIpc) is 3.28. The summed E-state index contributed by atoms with van der Waals surface area (Å²) in [7, 11) is -2.56. The summed E-state index contributed by atoms with van der Waals surface area (Å²) in [6, 6.07) is 21.4. The van der Waals surface area contributed by atoms with Crippen LogP contribution in [0.2, 0.25) is 5.04 Å². The number of hydrogen-bond donors (Lipinski definition) is 0. The van der Waals surface area contributed by atoms with Gasteiger partial charge in [-0.15, -0.1) is 0 Å². The van der Waals surface area contributed by atoms with E-state index in [-0.39, 0.29) is 29.1 Å². The molecular formula is C29H39NO4Si. The molecule has 2 aliphatic rings. The maximum atomic E-state index is 12.6. The van der Waals surface area contributed by atoms with Gasteiger partial charge in [0.25, 0.3) is 8.32 Å². The second-order valence-electron chi connectivity index (χ2n) is 10.9. The van der Waals surface area contributed by atoms with Crippen LogP contribution in [0, 0.1) is 0 Å². The molecule has 0 spiro atoms. The third-order valence-corrected chi connectivity index (χ3v) is 12.4. The van der Waals surface area contributed by atoms with Crippen molar-refractivity contribution in [3.05, 3.63) is 60.7 Å². The van der Waals surface area contributed by atoms with Crippen LogP contribution < -0.4 is 10.4 Å². The Hall–Kier alpha value is -2.28. The topological polar surface area (TPSA) is 55.8 Å². The SMILES string of the molecule is CC(C)(C)[Si](OCC[C@@H]1CCC[C@H](CC(=O)N2CCCC2=O)O1)(c1ccccc1)c1ccccc1. The summed E-state index contributed by atoms with van der Waals surface area (Å²) in [6.45, 7) is 8.04. The maximum Gasteiger partial charge on any atom is 0.261 e. The third-order valence-electron chi connectivity index (χ3n) is 7.39. The van der Waals surface area contributed by atoms with Crippen LogP contribution in [0.3, 0.4) is 0 Å². The van der Waals surface area contributed by atoms with Crippen molar-refractivity contribution in [3.63, 3.8) is 0 Å². The zero-order valence-electron chi connectivity index (χ0n) is 21.4. The highest BCUT2D eigenvalue weighted by Gasteiger charge is 2.50. The molecule has 0 aromatic heterocycles. The molecule has 4 rings (SSSR count). The molecule has 0 aliphatic carbocycles. The first kappa shape index (κ1) is 25.8. The lowest BCUT2D eigenvalue weighted by Gasteiger charge is -2.43. The van der Waals surface area contributed by atoms with Gasteiger partial charge in [-0.1, -0.05) is 81.4 Å². The standard InChI is InChI=1S/C29H39NO4Si/c1-29(2,3)35(25-14-6-4-7-15-25,26-16-8-5-9-17-26)33-21-19-23-12-10-13-24(34-23)22-28(32)30-20-11-18-27(30)31/h4-9,14-17,23-24H,10-13,18-22H2,1-3H3/t23-,24+/m0/s1. The molecule has 6 heteroatoms. The molecule has 0 radical (unpaired) electrons. The largest absolute Gasteiger partial charge is 0.407 e. The summed E-state index contributed by atoms with van der Waals surface area (Å²) in [4.78, 5) is 25.9. The van der Waals surface area contributed by atoms with Crippen molar-refractivity contribution in [3.8, 4) is 0 Å². The van der Waals surface area contributed by atoms with E-state index in [1.54, 1.807) is 0 Å². The molecule has 2 aromatic carbocycles. The number of imide groups is 1. The van der Waals surface area contributed by atoms with Gasteiger partial charge in [-0.25, -0.2) is 0 Å². The zero-order chi connectivity index (χ0) is 24.9. The minimum atomic E-state index is -2.56. The van der Waals surface area contributed by atoms with Crippen LogP contribution >= 0.6 is 0 Å². The van der Waals surface area contributed by atoms with Crippen molar-refractivity contribution in [1.29, 1.82) is 0 Å². The molecular weight excluding hydrogens is 454 g/mol. The molecule has 0 unspecified atom stereocenters. The van der Waals surface area contributed by atoms with Gasteiger partial charge >= 0.3 is 0 Å². The fraction of sp³-hybridized carbons (Fsp3) is 0.517. The van der Waals surface area contributed by atoms with E-state index >= 15 is 0 Å². The number of likely N-dealkylation sites (tertiary alicyclic amines) is 1. The third kappa shape index (κ3) is 5.76. The van der Waals surface area contributed by atoms with E-state index < -0.39 is 8.32 Å². The van der Waals surface area contributed by atoms with Crippen LogP contribution in [0.25, 0.3) is 0 Å². The monoisotopic (exact) mass is 493 g/mol. The Morgan fingerprint density at radius 3 is 2.11 bits per heavy atom. The van der Waals surface area contributed by atoms with Crippen LogP contribution in [0.5, 0.6) is 0 Å². The average molecular weight is 494 g/mol. The molecule has 5 nitrogen and oxygen atoms in total. The number of ether oxygens (including phenoxy) is 1. The van der Waals surface area contributed by atoms with Gasteiger partial charge in [0.05, 0.1) is 18.6 Å². The molecule has 0 N–H and O–H groups in total. The van der Waals surface area contributed by atoms with Crippen LogP contribution in [-0.2, 0) is 18.8 Å². The number of rotatable bonds is 8. The number of benzene rings is 2. The van der Waals surface area contributed by atoms with Crippen molar-refractivity contribution in [2.45, 2.75) is 83.0 Å². The fourth-order valence-corrected chi connectivity index (χ4v) is 10.2. The molecule has 2 saturated heterocycles. The van der Waals surface area contributed by atoms with Crippen molar-refractivity contribution in [2.75, 3.05) is 13.2 Å². The Kier molecular flexibility index (Phi) is 8.25. The summed E-state index contributed by atoms with van der Waals surface area (Å²) in [6.07, 6.45) is 5.23. The van der Waals surface area contributed by atoms with Crippen molar-refractivity contribution in [1.82, 2.24) is 4.90 Å². The van der Waals surface area contributed by atoms with Crippen LogP contribution in [0.1, 0.15) is 65.7 Å². The molecule has 0 saturated carbocycles. The smallest absolute Gasteiger partial charge is 0.261 e. The Morgan fingerprint density at radius 2 is 1.57 bits per heavy atom. The van der Waals surface area contributed by atoms with Gasteiger partial charge in [0, 0.05) is 19.6 Å². The predicted octanol–water partition coefficient (Wildman–Crippen LogP) is 4.43. The molecule has 0 bridgehead atoms. The van der Waals surface area contributed by atoms with Crippen molar-refractivity contribution >= 4 is 30.5 Å². The highest BCUT2D eigenvalue weighted by molar-refractivity contribution is 6.99. The summed E-state index contributed by atoms with van der Waals surface area (Å²) in [5, 5.41) is 2.50. The Balaban J connectivity index is 1.44. The molecule has 188 valence electrons. The van der Waals surface area contributed by atoms with Crippen molar-refractivity contribution < 1.29 is 18.8 Å². The minimum absolute atomic E-state index is 0.0407. The fourth-order valence-electron chi connectivity index (χ4n) is 5.67. The van der Waals surface area contributed by atoms with Gasteiger partial charge in [0.2, 0.25) is 11.8 Å². The highest BCUT2D eigenvalue weighted by atomic mass is 28.4. The van der Waals surface area contributed by atoms with E-state index in [0.717, 1.165) is 32.1 Å². The van der Waals surface area contributed by atoms with Crippen molar-refractivity contribution in [2.24, 2.45) is 0 Å². The summed E-state index contributed by atoms with van der Waals surface area (Å²) in [5.41, 5.74) is 0. The second-order valence-corrected chi connectivity index (χ2v) is 15.2.